The van der Waals surface area contributed by atoms with Crippen molar-refractivity contribution in [2.45, 2.75) is 44.2 Å². The van der Waals surface area contributed by atoms with Gasteiger partial charge in [0.1, 0.15) is 11.5 Å². The number of likely N-dealkylation sites (tertiary alicyclic amines) is 1. The van der Waals surface area contributed by atoms with E-state index < -0.39 is 6.10 Å². The van der Waals surface area contributed by atoms with Gasteiger partial charge in [0.2, 0.25) is 6.10 Å². The monoisotopic (exact) mass is 446 g/mol. The van der Waals surface area contributed by atoms with Crippen molar-refractivity contribution < 1.29 is 19.1 Å². The summed E-state index contributed by atoms with van der Waals surface area (Å²) >= 11 is 6.31. The first-order chi connectivity index (χ1) is 15.0. The minimum atomic E-state index is -0.669. The molecule has 2 aliphatic heterocycles. The molecule has 0 saturated carbocycles. The molecule has 2 aromatic rings. The van der Waals surface area contributed by atoms with Gasteiger partial charge in [-0.05, 0) is 18.9 Å². The topological polar surface area (TPSA) is 78.2 Å². The first-order valence-electron chi connectivity index (χ1n) is 10.5. The van der Waals surface area contributed by atoms with Crippen molar-refractivity contribution in [2.75, 3.05) is 20.8 Å². The van der Waals surface area contributed by atoms with Gasteiger partial charge in [0.15, 0.2) is 0 Å². The SMILES string of the molecule is COc1cc(OC)c(C2=NO[C@H](C(=O)N3CCCCC[C@@H]3c3cnn(C)c3)C2)cc1Cl. The second-order valence-corrected chi connectivity index (χ2v) is 8.27. The van der Waals surface area contributed by atoms with Gasteiger partial charge in [0, 0.05) is 43.4 Å². The van der Waals surface area contributed by atoms with Crippen LogP contribution in [0.15, 0.2) is 29.7 Å². The molecule has 0 N–H and O–H groups in total. The maximum Gasteiger partial charge on any atom is 0.267 e. The highest BCUT2D eigenvalue weighted by atomic mass is 35.5. The lowest BCUT2D eigenvalue weighted by molar-refractivity contribution is -0.144. The summed E-state index contributed by atoms with van der Waals surface area (Å²) in [6, 6.07) is 3.45. The van der Waals surface area contributed by atoms with Gasteiger partial charge in [-0.15, -0.1) is 0 Å². The zero-order valence-corrected chi connectivity index (χ0v) is 18.8. The lowest BCUT2D eigenvalue weighted by Gasteiger charge is -2.30. The smallest absolute Gasteiger partial charge is 0.267 e. The molecule has 8 nitrogen and oxygen atoms in total. The number of rotatable bonds is 5. The molecule has 0 aliphatic carbocycles. The Hall–Kier alpha value is -2.74. The van der Waals surface area contributed by atoms with E-state index in [2.05, 4.69) is 10.3 Å². The van der Waals surface area contributed by atoms with Gasteiger partial charge in [-0.2, -0.15) is 5.10 Å². The number of halogens is 1. The van der Waals surface area contributed by atoms with E-state index in [1.54, 1.807) is 31.0 Å². The number of methoxy groups -OCH3 is 2. The first-order valence-corrected chi connectivity index (χ1v) is 10.8. The van der Waals surface area contributed by atoms with Crippen molar-refractivity contribution in [1.82, 2.24) is 14.7 Å². The molecule has 0 radical (unpaired) electrons. The zero-order chi connectivity index (χ0) is 22.0. The van der Waals surface area contributed by atoms with Crippen LogP contribution in [0.5, 0.6) is 11.5 Å². The van der Waals surface area contributed by atoms with Crippen LogP contribution < -0.4 is 9.47 Å². The standard InChI is InChI=1S/C22H27ClN4O4/c1-26-13-14(12-24-26)18-7-5-4-6-8-27(18)22(28)21-10-17(25-31-21)15-9-16(23)20(30-3)11-19(15)29-2/h9,11-13,18,21H,4-8,10H2,1-3H3/t18-,21+/m1/s1. The van der Waals surface area contributed by atoms with E-state index in [9.17, 15) is 4.79 Å². The maximum absolute atomic E-state index is 13.5. The summed E-state index contributed by atoms with van der Waals surface area (Å²) in [5.74, 6) is 1.03. The lowest BCUT2D eigenvalue weighted by Crippen LogP contribution is -2.41. The second kappa shape index (κ2) is 9.18. The van der Waals surface area contributed by atoms with Gasteiger partial charge in [0.05, 0.1) is 37.2 Å². The number of carbonyl (C=O) groups excluding carboxylic acids is 1. The quantitative estimate of drug-likeness (QED) is 0.699. The van der Waals surface area contributed by atoms with Crippen LogP contribution in [-0.2, 0) is 16.7 Å². The third-order valence-electron chi connectivity index (χ3n) is 5.87. The van der Waals surface area contributed by atoms with Gasteiger partial charge in [0.25, 0.3) is 5.91 Å². The molecule has 1 amide bonds. The summed E-state index contributed by atoms with van der Waals surface area (Å²) in [4.78, 5) is 21.0. The highest BCUT2D eigenvalue weighted by Gasteiger charge is 2.37. The molecule has 9 heteroatoms. The number of hydrogen-bond donors (Lipinski definition) is 0. The van der Waals surface area contributed by atoms with Crippen molar-refractivity contribution in [3.05, 3.63) is 40.7 Å². The number of amides is 1. The third-order valence-corrected chi connectivity index (χ3v) is 6.17. The van der Waals surface area contributed by atoms with Crippen LogP contribution in [0.4, 0.5) is 0 Å². The molecule has 2 aliphatic rings. The Morgan fingerprint density at radius 2 is 2.00 bits per heavy atom. The Bertz CT molecular complexity index is 990. The van der Waals surface area contributed by atoms with Gasteiger partial charge in [-0.3, -0.25) is 9.48 Å². The summed E-state index contributed by atoms with van der Waals surface area (Å²) < 4.78 is 12.5. The number of hydrogen-bond acceptors (Lipinski definition) is 6. The van der Waals surface area contributed by atoms with Crippen LogP contribution in [-0.4, -0.2) is 53.2 Å². The number of aromatic nitrogens is 2. The number of oxime groups is 1. The summed E-state index contributed by atoms with van der Waals surface area (Å²) in [5, 5.41) is 8.95. The van der Waals surface area contributed by atoms with Crippen LogP contribution in [0.2, 0.25) is 5.02 Å². The number of nitrogens with zero attached hydrogens (tertiary/aromatic N) is 4. The fourth-order valence-electron chi connectivity index (χ4n) is 4.27. The minimum absolute atomic E-state index is 0.00122. The molecule has 0 unspecified atom stereocenters. The van der Waals surface area contributed by atoms with E-state index in [1.165, 1.54) is 0 Å². The molecule has 4 rings (SSSR count). The molecular formula is C22H27ClN4O4. The Kier molecular flexibility index (Phi) is 6.36. The molecule has 0 spiro atoms. The molecule has 166 valence electrons. The summed E-state index contributed by atoms with van der Waals surface area (Å²) in [7, 11) is 5.01. The first kappa shape index (κ1) is 21.5. The van der Waals surface area contributed by atoms with E-state index in [0.717, 1.165) is 31.2 Å². The van der Waals surface area contributed by atoms with Gasteiger partial charge in [-0.25, -0.2) is 0 Å². The van der Waals surface area contributed by atoms with E-state index in [1.807, 2.05) is 24.3 Å². The van der Waals surface area contributed by atoms with Gasteiger partial charge >= 0.3 is 0 Å². The molecule has 1 saturated heterocycles. The number of aryl methyl sites for hydroxylation is 1. The van der Waals surface area contributed by atoms with E-state index in [4.69, 9.17) is 25.9 Å². The Morgan fingerprint density at radius 3 is 2.71 bits per heavy atom. The highest BCUT2D eigenvalue weighted by Crippen LogP contribution is 2.36. The van der Waals surface area contributed by atoms with Crippen LogP contribution in [0, 0.1) is 0 Å². The summed E-state index contributed by atoms with van der Waals surface area (Å²) in [6.45, 7) is 0.700. The minimum Gasteiger partial charge on any atom is -0.496 e. The van der Waals surface area contributed by atoms with Crippen LogP contribution in [0.1, 0.15) is 49.3 Å². The molecule has 3 heterocycles. The van der Waals surface area contributed by atoms with Gasteiger partial charge < -0.3 is 19.2 Å². The van der Waals surface area contributed by atoms with Crippen molar-refractivity contribution in [1.29, 1.82) is 0 Å². The molecule has 1 aromatic heterocycles. The predicted octanol–water partition coefficient (Wildman–Crippen LogP) is 3.73. The average molecular weight is 447 g/mol. The Balaban J connectivity index is 1.54. The average Bonchev–Trinajstić information content (AvgIpc) is 3.36. The van der Waals surface area contributed by atoms with E-state index in [-0.39, 0.29) is 11.9 Å². The largest absolute Gasteiger partial charge is 0.496 e. The number of carbonyl (C=O) groups is 1. The van der Waals surface area contributed by atoms with E-state index in [0.29, 0.717) is 40.8 Å². The number of ether oxygens (including phenoxy) is 2. The second-order valence-electron chi connectivity index (χ2n) is 7.87. The number of benzene rings is 1. The van der Waals surface area contributed by atoms with Crippen LogP contribution in [0.25, 0.3) is 0 Å². The summed E-state index contributed by atoms with van der Waals surface area (Å²) in [5.41, 5.74) is 2.39. The van der Waals surface area contributed by atoms with Crippen LogP contribution >= 0.6 is 11.6 Å². The molecule has 0 bridgehead atoms. The fourth-order valence-corrected chi connectivity index (χ4v) is 4.51. The molecular weight excluding hydrogens is 420 g/mol. The van der Waals surface area contributed by atoms with Gasteiger partial charge in [-0.1, -0.05) is 29.6 Å². The highest BCUT2D eigenvalue weighted by molar-refractivity contribution is 6.32. The lowest BCUT2D eigenvalue weighted by atomic mass is 10.0. The maximum atomic E-state index is 13.5. The predicted molar refractivity (Wildman–Crippen MR) is 117 cm³/mol. The molecule has 31 heavy (non-hydrogen) atoms. The summed E-state index contributed by atoms with van der Waals surface area (Å²) in [6.07, 6.45) is 7.60. The molecule has 2 atom stereocenters. The zero-order valence-electron chi connectivity index (χ0n) is 18.0. The van der Waals surface area contributed by atoms with Crippen LogP contribution in [0.3, 0.4) is 0 Å². The molecule has 1 aromatic carbocycles. The van der Waals surface area contributed by atoms with Crippen molar-refractivity contribution in [3.63, 3.8) is 0 Å². The fraction of sp³-hybridized carbons (Fsp3) is 0.500. The van der Waals surface area contributed by atoms with Crippen molar-refractivity contribution in [2.24, 2.45) is 12.2 Å². The third kappa shape index (κ3) is 4.35. The molecule has 1 fully saturated rings. The Labute approximate surface area is 186 Å². The normalized spacial score (nSPS) is 21.3. The van der Waals surface area contributed by atoms with Crippen molar-refractivity contribution in [3.8, 4) is 11.5 Å². The van der Waals surface area contributed by atoms with E-state index >= 15 is 0 Å². The van der Waals surface area contributed by atoms with Crippen molar-refractivity contribution >= 4 is 23.2 Å². The Morgan fingerprint density at radius 1 is 1.19 bits per heavy atom.